The van der Waals surface area contributed by atoms with Crippen LogP contribution < -0.4 is 9.80 Å². The molecule has 0 spiro atoms. The van der Waals surface area contributed by atoms with Crippen LogP contribution >= 0.6 is 0 Å². The Morgan fingerprint density at radius 2 is 0.436 bits per heavy atom. The van der Waals surface area contributed by atoms with Crippen molar-refractivity contribution in [2.45, 2.75) is 39.5 Å². The highest BCUT2D eigenvalue weighted by Gasteiger charge is 2.19. The third-order valence-electron chi connectivity index (χ3n) is 16.1. The zero-order valence-corrected chi connectivity index (χ0v) is 44.1. The summed E-state index contributed by atoms with van der Waals surface area (Å²) in [4.78, 5) is 4.84. The van der Waals surface area contributed by atoms with Gasteiger partial charge < -0.3 is 9.80 Å². The minimum Gasteiger partial charge on any atom is -0.310 e. The van der Waals surface area contributed by atoms with E-state index < -0.39 is 0 Å². The van der Waals surface area contributed by atoms with Gasteiger partial charge in [-0.1, -0.05) is 184 Å². The van der Waals surface area contributed by atoms with Crippen LogP contribution in [-0.2, 0) is 0 Å². The number of allylic oxidation sites excluding steroid dienone is 2. The van der Waals surface area contributed by atoms with Gasteiger partial charge in [-0.05, 0) is 230 Å². The lowest BCUT2D eigenvalue weighted by atomic mass is 9.87. The molecular weight excluding hydrogens is 941 g/mol. The summed E-state index contributed by atoms with van der Waals surface area (Å²) in [7, 11) is 0. The molecule has 0 aliphatic heterocycles. The van der Waals surface area contributed by atoms with Crippen LogP contribution in [0.25, 0.3) is 97.3 Å². The van der Waals surface area contributed by atoms with Crippen LogP contribution in [0.2, 0.25) is 0 Å². The molecule has 0 aromatic heterocycles. The maximum Gasteiger partial charge on any atom is 0.0468 e. The molecule has 0 aliphatic carbocycles. The molecule has 0 fully saturated rings. The number of rotatable bonds is 12. The van der Waals surface area contributed by atoms with Crippen molar-refractivity contribution in [3.8, 4) is 0 Å². The predicted octanol–water partition coefficient (Wildman–Crippen LogP) is 22.4. The van der Waals surface area contributed by atoms with E-state index in [9.17, 15) is 0 Å². The number of anilines is 6. The van der Waals surface area contributed by atoms with Gasteiger partial charge in [0.15, 0.2) is 0 Å². The van der Waals surface area contributed by atoms with E-state index in [1.165, 1.54) is 108 Å². The summed E-state index contributed by atoms with van der Waals surface area (Å²) >= 11 is 0. The van der Waals surface area contributed by atoms with Gasteiger partial charge in [-0.25, -0.2) is 0 Å². The van der Waals surface area contributed by atoms with Crippen molar-refractivity contribution >= 4 is 131 Å². The molecule has 0 heterocycles. The lowest BCUT2D eigenvalue weighted by molar-refractivity contribution is 0.945. The summed E-state index contributed by atoms with van der Waals surface area (Å²) in [6, 6.07) is 99.6. The van der Waals surface area contributed by atoms with Gasteiger partial charge in [-0.3, -0.25) is 0 Å². The van der Waals surface area contributed by atoms with Crippen molar-refractivity contribution in [2.75, 3.05) is 9.80 Å². The van der Waals surface area contributed by atoms with Gasteiger partial charge in [0.2, 0.25) is 0 Å². The predicted molar refractivity (Wildman–Crippen MR) is 339 cm³/mol. The number of fused-ring (bicyclic) bond motifs is 8. The highest BCUT2D eigenvalue weighted by molar-refractivity contribution is 6.04. The Bertz CT molecular complexity index is 4380. The van der Waals surface area contributed by atoms with Crippen LogP contribution in [0.5, 0.6) is 0 Å². The molecule has 0 aliphatic rings. The molecule has 0 N–H and O–H groups in total. The minimum atomic E-state index is 1.01. The molecule has 0 radical (unpaired) electrons. The maximum atomic E-state index is 2.44. The average Bonchev–Trinajstić information content (AvgIpc) is 3.66. The fourth-order valence-electron chi connectivity index (χ4n) is 12.2. The molecule has 14 rings (SSSR count). The van der Waals surface area contributed by atoms with Crippen LogP contribution in [0, 0.1) is 0 Å². The summed E-state index contributed by atoms with van der Waals surface area (Å²) in [5, 5.41) is 19.8. The molecule has 372 valence electrons. The van der Waals surface area contributed by atoms with E-state index >= 15 is 0 Å². The van der Waals surface area contributed by atoms with Crippen molar-refractivity contribution < 1.29 is 0 Å². The Hall–Kier alpha value is -9.50. The molecule has 14 aromatic rings. The van der Waals surface area contributed by atoms with Gasteiger partial charge in [-0.15, -0.1) is 0 Å². The normalized spacial score (nSPS) is 12.1. The molecule has 2 nitrogen and oxygen atoms in total. The molecule has 0 bridgehead atoms. The summed E-state index contributed by atoms with van der Waals surface area (Å²) in [5.41, 5.74) is 12.3. The Morgan fingerprint density at radius 1 is 0.218 bits per heavy atom. The van der Waals surface area contributed by atoms with E-state index in [4.69, 9.17) is 0 Å². The standard InChI is InChI=1S/C76H58N2/c1-3-13-75(65-25-23-63-47-71(35-29-59(63)41-65)77(69-33-27-51-15-5-7-21-57(51)45-69)73-37-31-61-39-53-17-9-11-19-55(53)43-67(61)49-73)76(14-4-2)66-26-24-64-48-72(36-30-60(64)42-66)78(70-34-28-52-16-6-8-22-58(52)46-70)74-38-32-62-40-54-18-10-12-20-56(54)44-68(62)50-74/h5-12,15-50H,3-4,13-14H2,1-2H3/b76-75+. The third kappa shape index (κ3) is 8.76. The number of benzene rings is 14. The van der Waals surface area contributed by atoms with Crippen molar-refractivity contribution in [1.29, 1.82) is 0 Å². The SMILES string of the molecule is CCC/C(=C(/CCC)c1ccc2cc(N(c3ccc4ccccc4c3)c3ccc4cc5ccccc5cc4c3)ccc2c1)c1ccc2cc(N(c3ccc4ccccc4c3)c3ccc4cc5ccccc5cc4c3)ccc2c1. The van der Waals surface area contributed by atoms with Crippen molar-refractivity contribution in [2.24, 2.45) is 0 Å². The zero-order chi connectivity index (χ0) is 52.1. The van der Waals surface area contributed by atoms with Crippen molar-refractivity contribution in [3.05, 3.63) is 278 Å². The minimum absolute atomic E-state index is 1.01. The number of hydrogen-bond donors (Lipinski definition) is 0. The average molecular weight is 999 g/mol. The molecule has 14 aromatic carbocycles. The highest BCUT2D eigenvalue weighted by Crippen LogP contribution is 2.43. The van der Waals surface area contributed by atoms with Crippen LogP contribution in [0.15, 0.2) is 267 Å². The first-order valence-corrected chi connectivity index (χ1v) is 27.7. The largest absolute Gasteiger partial charge is 0.310 e. The molecule has 0 saturated heterocycles. The summed E-state index contributed by atoms with van der Waals surface area (Å²) < 4.78 is 0. The molecular formula is C76H58N2. The smallest absolute Gasteiger partial charge is 0.0468 e. The quantitative estimate of drug-likeness (QED) is 0.0889. The van der Waals surface area contributed by atoms with Crippen LogP contribution in [0.3, 0.4) is 0 Å². The van der Waals surface area contributed by atoms with Gasteiger partial charge in [0.25, 0.3) is 0 Å². The second kappa shape index (κ2) is 19.9. The fraction of sp³-hybridized carbons (Fsp3) is 0.0789. The topological polar surface area (TPSA) is 6.48 Å². The molecule has 2 heteroatoms. The maximum absolute atomic E-state index is 2.44. The van der Waals surface area contributed by atoms with Gasteiger partial charge in [0.1, 0.15) is 0 Å². The Morgan fingerprint density at radius 3 is 0.756 bits per heavy atom. The summed E-state index contributed by atoms with van der Waals surface area (Å²) in [6.45, 7) is 4.63. The summed E-state index contributed by atoms with van der Waals surface area (Å²) in [6.07, 6.45) is 4.14. The van der Waals surface area contributed by atoms with Gasteiger partial charge in [0, 0.05) is 34.1 Å². The van der Waals surface area contributed by atoms with Gasteiger partial charge >= 0.3 is 0 Å². The first-order chi connectivity index (χ1) is 38.5. The van der Waals surface area contributed by atoms with Gasteiger partial charge in [0.05, 0.1) is 0 Å². The highest BCUT2D eigenvalue weighted by atomic mass is 15.1. The Balaban J connectivity index is 0.833. The van der Waals surface area contributed by atoms with E-state index in [1.54, 1.807) is 0 Å². The van der Waals surface area contributed by atoms with Crippen LogP contribution in [-0.4, -0.2) is 0 Å². The molecule has 0 atom stereocenters. The lowest BCUT2D eigenvalue weighted by Crippen LogP contribution is -2.10. The third-order valence-corrected chi connectivity index (χ3v) is 16.1. The fourth-order valence-corrected chi connectivity index (χ4v) is 12.2. The van der Waals surface area contributed by atoms with E-state index in [0.717, 1.165) is 59.8 Å². The van der Waals surface area contributed by atoms with E-state index in [2.05, 4.69) is 291 Å². The van der Waals surface area contributed by atoms with Crippen molar-refractivity contribution in [1.82, 2.24) is 0 Å². The summed E-state index contributed by atoms with van der Waals surface area (Å²) in [5.74, 6) is 0. The molecule has 0 saturated carbocycles. The van der Waals surface area contributed by atoms with Crippen molar-refractivity contribution in [3.63, 3.8) is 0 Å². The Kier molecular flexibility index (Phi) is 12.0. The zero-order valence-electron chi connectivity index (χ0n) is 44.1. The first kappa shape index (κ1) is 47.0. The monoisotopic (exact) mass is 998 g/mol. The van der Waals surface area contributed by atoms with Crippen LogP contribution in [0.1, 0.15) is 50.7 Å². The van der Waals surface area contributed by atoms with Crippen LogP contribution in [0.4, 0.5) is 34.1 Å². The molecule has 78 heavy (non-hydrogen) atoms. The molecule has 0 amide bonds. The van der Waals surface area contributed by atoms with E-state index in [-0.39, 0.29) is 0 Å². The second-order valence-corrected chi connectivity index (χ2v) is 21.1. The lowest BCUT2D eigenvalue weighted by Gasteiger charge is -2.27. The van der Waals surface area contributed by atoms with Gasteiger partial charge in [-0.2, -0.15) is 0 Å². The molecule has 0 unspecified atom stereocenters. The Labute approximate surface area is 456 Å². The number of nitrogens with zero attached hydrogens (tertiary/aromatic N) is 2. The first-order valence-electron chi connectivity index (χ1n) is 27.7. The number of hydrogen-bond acceptors (Lipinski definition) is 2. The second-order valence-electron chi connectivity index (χ2n) is 21.1. The van der Waals surface area contributed by atoms with E-state index in [0.29, 0.717) is 0 Å². The van der Waals surface area contributed by atoms with E-state index in [1.807, 2.05) is 0 Å².